The minimum absolute atomic E-state index is 0.192. The molecule has 0 radical (unpaired) electrons. The Morgan fingerprint density at radius 2 is 1.91 bits per heavy atom. The standard InChI is InChI=1S/C16H21NO5/c1-20-14-8-13(15(18)21-2)9-17(10-14)16(19)22-11-12-6-4-3-5-7-12/h3-7,13-14H,8-11H2,1-2H3/t13-,14-/m1/s1. The fourth-order valence-corrected chi connectivity index (χ4v) is 2.52. The second-order valence-corrected chi connectivity index (χ2v) is 5.26. The lowest BCUT2D eigenvalue weighted by molar-refractivity contribution is -0.149. The van der Waals surface area contributed by atoms with Gasteiger partial charge in [-0.2, -0.15) is 0 Å². The van der Waals surface area contributed by atoms with E-state index in [2.05, 4.69) is 0 Å². The molecule has 0 aromatic heterocycles. The Bertz CT molecular complexity index is 505. The number of amides is 1. The average molecular weight is 307 g/mol. The van der Waals surface area contributed by atoms with E-state index in [9.17, 15) is 9.59 Å². The number of methoxy groups -OCH3 is 2. The van der Waals surface area contributed by atoms with Crippen molar-refractivity contribution in [2.24, 2.45) is 5.92 Å². The third-order valence-electron chi connectivity index (χ3n) is 3.74. The van der Waals surface area contributed by atoms with Crippen molar-refractivity contribution >= 4 is 12.1 Å². The molecule has 1 amide bonds. The average Bonchev–Trinajstić information content (AvgIpc) is 2.59. The Labute approximate surface area is 129 Å². The van der Waals surface area contributed by atoms with Gasteiger partial charge in [0.1, 0.15) is 6.61 Å². The van der Waals surface area contributed by atoms with Crippen LogP contribution in [0.3, 0.4) is 0 Å². The highest BCUT2D eigenvalue weighted by molar-refractivity contribution is 5.75. The molecule has 1 aromatic carbocycles. The van der Waals surface area contributed by atoms with Crippen molar-refractivity contribution in [2.75, 3.05) is 27.3 Å². The smallest absolute Gasteiger partial charge is 0.410 e. The number of carbonyl (C=O) groups is 2. The van der Waals surface area contributed by atoms with E-state index in [1.807, 2.05) is 30.3 Å². The van der Waals surface area contributed by atoms with Gasteiger partial charge in [-0.15, -0.1) is 0 Å². The van der Waals surface area contributed by atoms with Gasteiger partial charge in [-0.1, -0.05) is 30.3 Å². The van der Waals surface area contributed by atoms with Gasteiger partial charge in [-0.25, -0.2) is 4.79 Å². The predicted molar refractivity (Wildman–Crippen MR) is 79.1 cm³/mol. The molecule has 0 bridgehead atoms. The lowest BCUT2D eigenvalue weighted by Crippen LogP contribution is -2.49. The zero-order chi connectivity index (χ0) is 15.9. The molecule has 6 heteroatoms. The molecule has 0 N–H and O–H groups in total. The van der Waals surface area contributed by atoms with Gasteiger partial charge in [-0.05, 0) is 12.0 Å². The largest absolute Gasteiger partial charge is 0.469 e. The molecule has 6 nitrogen and oxygen atoms in total. The topological polar surface area (TPSA) is 65.1 Å². The maximum absolute atomic E-state index is 12.2. The van der Waals surface area contributed by atoms with Crippen LogP contribution in [0, 0.1) is 5.92 Å². The van der Waals surface area contributed by atoms with Crippen molar-refractivity contribution in [1.82, 2.24) is 4.90 Å². The molecule has 0 spiro atoms. The molecule has 2 rings (SSSR count). The molecule has 1 aliphatic heterocycles. The first-order valence-corrected chi connectivity index (χ1v) is 7.20. The van der Waals surface area contributed by atoms with Gasteiger partial charge < -0.3 is 19.1 Å². The monoisotopic (exact) mass is 307 g/mol. The predicted octanol–water partition coefficient (Wildman–Crippen LogP) is 1.83. The Morgan fingerprint density at radius 3 is 2.55 bits per heavy atom. The number of hydrogen-bond donors (Lipinski definition) is 0. The number of rotatable bonds is 4. The van der Waals surface area contributed by atoms with E-state index in [1.54, 1.807) is 7.11 Å². The molecular formula is C16H21NO5. The summed E-state index contributed by atoms with van der Waals surface area (Å²) < 4.78 is 15.4. The number of benzene rings is 1. The van der Waals surface area contributed by atoms with E-state index < -0.39 is 6.09 Å². The summed E-state index contributed by atoms with van der Waals surface area (Å²) in [5.41, 5.74) is 0.917. The van der Waals surface area contributed by atoms with E-state index in [1.165, 1.54) is 12.0 Å². The summed E-state index contributed by atoms with van der Waals surface area (Å²) in [5.74, 6) is -0.712. The first-order chi connectivity index (χ1) is 10.6. The van der Waals surface area contributed by atoms with Crippen molar-refractivity contribution in [3.8, 4) is 0 Å². The second-order valence-electron chi connectivity index (χ2n) is 5.26. The maximum Gasteiger partial charge on any atom is 0.410 e. The zero-order valence-corrected chi connectivity index (χ0v) is 12.9. The normalized spacial score (nSPS) is 21.3. The summed E-state index contributed by atoms with van der Waals surface area (Å²) >= 11 is 0. The van der Waals surface area contributed by atoms with E-state index in [-0.39, 0.29) is 24.6 Å². The van der Waals surface area contributed by atoms with Crippen LogP contribution in [0.2, 0.25) is 0 Å². The zero-order valence-electron chi connectivity index (χ0n) is 12.9. The molecular weight excluding hydrogens is 286 g/mol. The van der Waals surface area contributed by atoms with E-state index in [4.69, 9.17) is 14.2 Å². The number of carbonyl (C=O) groups excluding carboxylic acids is 2. The number of hydrogen-bond acceptors (Lipinski definition) is 5. The highest BCUT2D eigenvalue weighted by atomic mass is 16.6. The van der Waals surface area contributed by atoms with Gasteiger partial charge in [0.05, 0.1) is 25.7 Å². The summed E-state index contributed by atoms with van der Waals surface area (Å²) in [5, 5.41) is 0. The van der Waals surface area contributed by atoms with Gasteiger partial charge in [0.2, 0.25) is 0 Å². The first kappa shape index (κ1) is 16.3. The summed E-state index contributed by atoms with van der Waals surface area (Å²) in [6.45, 7) is 0.911. The fourth-order valence-electron chi connectivity index (χ4n) is 2.52. The third kappa shape index (κ3) is 4.21. The van der Waals surface area contributed by atoms with Crippen LogP contribution in [0.15, 0.2) is 30.3 Å². The highest BCUT2D eigenvalue weighted by Crippen LogP contribution is 2.21. The molecule has 1 aliphatic rings. The van der Waals surface area contributed by atoms with Crippen molar-refractivity contribution < 1.29 is 23.8 Å². The second kappa shape index (κ2) is 7.79. The maximum atomic E-state index is 12.2. The SMILES string of the molecule is COC(=O)[C@@H]1C[C@@H](OC)CN(C(=O)OCc2ccccc2)C1. The number of likely N-dealkylation sites (tertiary alicyclic amines) is 1. The Morgan fingerprint density at radius 1 is 1.18 bits per heavy atom. The van der Waals surface area contributed by atoms with Gasteiger partial charge in [0.25, 0.3) is 0 Å². The van der Waals surface area contributed by atoms with Crippen LogP contribution in [0.5, 0.6) is 0 Å². The van der Waals surface area contributed by atoms with E-state index >= 15 is 0 Å². The van der Waals surface area contributed by atoms with Crippen LogP contribution in [0.25, 0.3) is 0 Å². The molecule has 0 unspecified atom stereocenters. The lowest BCUT2D eigenvalue weighted by Gasteiger charge is -2.35. The molecule has 22 heavy (non-hydrogen) atoms. The van der Waals surface area contributed by atoms with Crippen LogP contribution in [0.4, 0.5) is 4.79 Å². The van der Waals surface area contributed by atoms with E-state index in [0.717, 1.165) is 5.56 Å². The summed E-state index contributed by atoms with van der Waals surface area (Å²) in [4.78, 5) is 25.4. The van der Waals surface area contributed by atoms with Crippen LogP contribution < -0.4 is 0 Å². The number of piperidine rings is 1. The fraction of sp³-hybridized carbons (Fsp3) is 0.500. The van der Waals surface area contributed by atoms with Crippen LogP contribution in [-0.4, -0.2) is 50.4 Å². The van der Waals surface area contributed by atoms with Crippen LogP contribution in [0.1, 0.15) is 12.0 Å². The summed E-state index contributed by atoms with van der Waals surface area (Å²) in [7, 11) is 2.91. The summed E-state index contributed by atoms with van der Waals surface area (Å²) in [6.07, 6.45) is -0.0901. The molecule has 120 valence electrons. The summed E-state index contributed by atoms with van der Waals surface area (Å²) in [6, 6.07) is 9.45. The third-order valence-corrected chi connectivity index (χ3v) is 3.74. The Kier molecular flexibility index (Phi) is 5.77. The lowest BCUT2D eigenvalue weighted by atomic mass is 9.96. The minimum Gasteiger partial charge on any atom is -0.469 e. The van der Waals surface area contributed by atoms with Crippen LogP contribution >= 0.6 is 0 Å². The van der Waals surface area contributed by atoms with Crippen molar-refractivity contribution in [3.63, 3.8) is 0 Å². The molecule has 1 saturated heterocycles. The minimum atomic E-state index is -0.445. The Hall–Kier alpha value is -2.08. The van der Waals surface area contributed by atoms with E-state index in [0.29, 0.717) is 19.5 Å². The van der Waals surface area contributed by atoms with Gasteiger partial charge >= 0.3 is 12.1 Å². The van der Waals surface area contributed by atoms with Crippen molar-refractivity contribution in [2.45, 2.75) is 19.1 Å². The van der Waals surface area contributed by atoms with Crippen molar-refractivity contribution in [1.29, 1.82) is 0 Å². The molecule has 1 heterocycles. The molecule has 1 fully saturated rings. The van der Waals surface area contributed by atoms with Gasteiger partial charge in [0, 0.05) is 13.7 Å². The van der Waals surface area contributed by atoms with Crippen LogP contribution in [-0.2, 0) is 25.6 Å². The molecule has 0 aliphatic carbocycles. The number of nitrogens with zero attached hydrogens (tertiary/aromatic N) is 1. The first-order valence-electron chi connectivity index (χ1n) is 7.20. The Balaban J connectivity index is 1.93. The number of esters is 1. The highest BCUT2D eigenvalue weighted by Gasteiger charge is 2.35. The van der Waals surface area contributed by atoms with Crippen molar-refractivity contribution in [3.05, 3.63) is 35.9 Å². The number of ether oxygens (including phenoxy) is 3. The van der Waals surface area contributed by atoms with Gasteiger partial charge in [0.15, 0.2) is 0 Å². The quantitative estimate of drug-likeness (QED) is 0.794. The molecule has 1 aromatic rings. The molecule has 0 saturated carbocycles. The van der Waals surface area contributed by atoms with Gasteiger partial charge in [-0.3, -0.25) is 4.79 Å². The molecule has 2 atom stereocenters.